The highest BCUT2D eigenvalue weighted by atomic mass is 35.5. The Bertz CT molecular complexity index is 913. The normalized spacial score (nSPS) is 15.6. The third-order valence-corrected chi connectivity index (χ3v) is 4.44. The molecule has 1 N–H and O–H groups in total. The van der Waals surface area contributed by atoms with Gasteiger partial charge in [-0.15, -0.1) is 0 Å². The molecule has 26 heavy (non-hydrogen) atoms. The molecule has 0 bridgehead atoms. The van der Waals surface area contributed by atoms with Crippen molar-refractivity contribution in [2.75, 3.05) is 5.32 Å². The molecule has 4 rings (SSSR count). The van der Waals surface area contributed by atoms with E-state index in [2.05, 4.69) is 34.6 Å². The van der Waals surface area contributed by atoms with E-state index in [1.165, 1.54) is 5.56 Å². The Balaban J connectivity index is 1.59. The fourth-order valence-corrected chi connectivity index (χ4v) is 3.09. The van der Waals surface area contributed by atoms with E-state index in [1.54, 1.807) is 12.4 Å². The number of benzene rings is 2. The van der Waals surface area contributed by atoms with E-state index in [-0.39, 0.29) is 6.10 Å². The molecule has 0 amide bonds. The van der Waals surface area contributed by atoms with E-state index in [9.17, 15) is 0 Å². The van der Waals surface area contributed by atoms with Gasteiger partial charge >= 0.3 is 0 Å². The second kappa shape index (κ2) is 7.58. The highest BCUT2D eigenvalue weighted by Crippen LogP contribution is 2.35. The summed E-state index contributed by atoms with van der Waals surface area (Å²) in [6.07, 6.45) is 5.07. The molecule has 0 saturated heterocycles. The number of aryl methyl sites for hydroxylation is 1. The highest BCUT2D eigenvalue weighted by molar-refractivity contribution is 6.31. The molecule has 3 aromatic rings. The van der Waals surface area contributed by atoms with Crippen molar-refractivity contribution >= 4 is 28.8 Å². The average Bonchev–Trinajstić information content (AvgIpc) is 2.68. The third-order valence-electron chi connectivity index (χ3n) is 4.21. The van der Waals surface area contributed by atoms with E-state index in [1.807, 2.05) is 36.4 Å². The number of hydrogen-bond acceptors (Lipinski definition) is 4. The van der Waals surface area contributed by atoms with E-state index in [4.69, 9.17) is 21.3 Å². The Morgan fingerprint density at radius 1 is 1.04 bits per heavy atom. The maximum Gasteiger partial charge on any atom is 0.156 e. The van der Waals surface area contributed by atoms with Crippen LogP contribution in [0.5, 0.6) is 5.75 Å². The number of ether oxygens (including phenoxy) is 1. The second-order valence-electron chi connectivity index (χ2n) is 6.11. The number of rotatable bonds is 4. The molecule has 1 aromatic heterocycles. The molecule has 5 heteroatoms. The Labute approximate surface area is 157 Å². The number of nitrogens with zero attached hydrogens (tertiary/aromatic N) is 2. The Kier molecular flexibility index (Phi) is 4.84. The predicted molar refractivity (Wildman–Crippen MR) is 106 cm³/mol. The van der Waals surface area contributed by atoms with Crippen LogP contribution in [0.1, 0.15) is 12.0 Å². The van der Waals surface area contributed by atoms with Crippen LogP contribution in [0, 0.1) is 0 Å². The van der Waals surface area contributed by atoms with E-state index in [0.29, 0.717) is 5.02 Å². The number of aliphatic imine (C=N–C) groups is 1. The number of amidine groups is 1. The quantitative estimate of drug-likeness (QED) is 0.686. The summed E-state index contributed by atoms with van der Waals surface area (Å²) in [4.78, 5) is 8.91. The van der Waals surface area contributed by atoms with Crippen molar-refractivity contribution in [3.8, 4) is 5.75 Å². The van der Waals surface area contributed by atoms with Crippen molar-refractivity contribution in [3.63, 3.8) is 0 Å². The number of halogens is 1. The number of hydrogen-bond donors (Lipinski definition) is 1. The van der Waals surface area contributed by atoms with Crippen molar-refractivity contribution in [1.82, 2.24) is 4.98 Å². The second-order valence-corrected chi connectivity index (χ2v) is 6.54. The van der Waals surface area contributed by atoms with Crippen LogP contribution in [-0.4, -0.2) is 16.9 Å². The molecular formula is C21H18ClN3O. The molecule has 0 unspecified atom stereocenters. The molecule has 1 aliphatic heterocycles. The third kappa shape index (κ3) is 3.86. The molecule has 4 nitrogen and oxygen atoms in total. The number of fused-ring (bicyclic) bond motifs is 1. The fourth-order valence-electron chi connectivity index (χ4n) is 2.92. The molecule has 2 heterocycles. The summed E-state index contributed by atoms with van der Waals surface area (Å²) in [5.41, 5.74) is 2.89. The van der Waals surface area contributed by atoms with Gasteiger partial charge in [-0.25, -0.2) is 4.99 Å². The van der Waals surface area contributed by atoms with Gasteiger partial charge in [-0.05, 0) is 48.7 Å². The van der Waals surface area contributed by atoms with Gasteiger partial charge in [0.1, 0.15) is 17.3 Å². The lowest BCUT2D eigenvalue weighted by atomic mass is 10.0. The first-order valence-corrected chi connectivity index (χ1v) is 8.91. The van der Waals surface area contributed by atoms with Gasteiger partial charge < -0.3 is 10.1 Å². The van der Waals surface area contributed by atoms with Crippen molar-refractivity contribution in [1.29, 1.82) is 0 Å². The molecule has 0 fully saturated rings. The first kappa shape index (κ1) is 16.6. The van der Waals surface area contributed by atoms with Gasteiger partial charge in [0.15, 0.2) is 6.10 Å². The Hall–Kier alpha value is -2.85. The largest absolute Gasteiger partial charge is 0.480 e. The van der Waals surface area contributed by atoms with Gasteiger partial charge in [-0.3, -0.25) is 4.98 Å². The van der Waals surface area contributed by atoms with E-state index < -0.39 is 0 Å². The topological polar surface area (TPSA) is 46.5 Å². The molecule has 0 saturated carbocycles. The number of nitrogens with one attached hydrogen (secondary N) is 1. The molecule has 1 atom stereocenters. The zero-order valence-corrected chi connectivity index (χ0v) is 14.9. The first-order valence-electron chi connectivity index (χ1n) is 8.54. The SMILES string of the molecule is Clc1ccc2c(c1)N=C(Nc1cccnc1)[C@@H](CCc1ccccc1)O2. The lowest BCUT2D eigenvalue weighted by molar-refractivity contribution is 0.252. The summed E-state index contributed by atoms with van der Waals surface area (Å²) < 4.78 is 6.22. The van der Waals surface area contributed by atoms with Crippen LogP contribution in [0.2, 0.25) is 5.02 Å². The highest BCUT2D eigenvalue weighted by Gasteiger charge is 2.25. The van der Waals surface area contributed by atoms with Gasteiger partial charge in [0, 0.05) is 11.2 Å². The van der Waals surface area contributed by atoms with Crippen molar-refractivity contribution in [2.24, 2.45) is 4.99 Å². The van der Waals surface area contributed by atoms with E-state index >= 15 is 0 Å². The van der Waals surface area contributed by atoms with Crippen LogP contribution in [0.25, 0.3) is 0 Å². The first-order chi connectivity index (χ1) is 12.8. The minimum absolute atomic E-state index is 0.163. The van der Waals surface area contributed by atoms with Crippen LogP contribution in [0.4, 0.5) is 11.4 Å². The Morgan fingerprint density at radius 3 is 2.73 bits per heavy atom. The predicted octanol–water partition coefficient (Wildman–Crippen LogP) is 5.27. The van der Waals surface area contributed by atoms with Crippen LogP contribution in [0.15, 0.2) is 78.0 Å². The number of anilines is 1. The molecule has 0 aliphatic carbocycles. The van der Waals surface area contributed by atoms with Crippen LogP contribution < -0.4 is 10.1 Å². The van der Waals surface area contributed by atoms with Crippen molar-refractivity contribution in [2.45, 2.75) is 18.9 Å². The summed E-state index contributed by atoms with van der Waals surface area (Å²) >= 11 is 6.11. The maximum absolute atomic E-state index is 6.22. The minimum atomic E-state index is -0.163. The van der Waals surface area contributed by atoms with Crippen molar-refractivity contribution < 1.29 is 4.74 Å². The van der Waals surface area contributed by atoms with E-state index in [0.717, 1.165) is 35.8 Å². The minimum Gasteiger partial charge on any atom is -0.480 e. The summed E-state index contributed by atoms with van der Waals surface area (Å²) in [7, 11) is 0. The lowest BCUT2D eigenvalue weighted by Gasteiger charge is -2.27. The van der Waals surface area contributed by atoms with Gasteiger partial charge in [0.2, 0.25) is 0 Å². The molecule has 1 aliphatic rings. The molecule has 2 aromatic carbocycles. The van der Waals surface area contributed by atoms with Gasteiger partial charge in [0.25, 0.3) is 0 Å². The maximum atomic E-state index is 6.22. The summed E-state index contributed by atoms with van der Waals surface area (Å²) in [6, 6.07) is 19.7. The van der Waals surface area contributed by atoms with Crippen LogP contribution >= 0.6 is 11.6 Å². The summed E-state index contributed by atoms with van der Waals surface area (Å²) in [5.74, 6) is 1.52. The zero-order chi connectivity index (χ0) is 17.8. The van der Waals surface area contributed by atoms with Crippen LogP contribution in [0.3, 0.4) is 0 Å². The smallest absolute Gasteiger partial charge is 0.156 e. The summed E-state index contributed by atoms with van der Waals surface area (Å²) in [6.45, 7) is 0. The molecular weight excluding hydrogens is 346 g/mol. The lowest BCUT2D eigenvalue weighted by Crippen LogP contribution is -2.35. The zero-order valence-electron chi connectivity index (χ0n) is 14.1. The van der Waals surface area contributed by atoms with Gasteiger partial charge in [-0.2, -0.15) is 0 Å². The fraction of sp³-hybridized carbons (Fsp3) is 0.143. The van der Waals surface area contributed by atoms with Gasteiger partial charge in [-0.1, -0.05) is 41.9 Å². The standard InChI is InChI=1S/C21H18ClN3O/c22-16-9-11-19-18(13-16)25-21(24-17-7-4-12-23-14-17)20(26-19)10-8-15-5-2-1-3-6-15/h1-7,9,11-14,20H,8,10H2,(H,24,25)/t20-/m1/s1. The number of aromatic nitrogens is 1. The van der Waals surface area contributed by atoms with Crippen LogP contribution in [-0.2, 0) is 6.42 Å². The monoisotopic (exact) mass is 363 g/mol. The Morgan fingerprint density at radius 2 is 1.92 bits per heavy atom. The molecule has 0 radical (unpaired) electrons. The average molecular weight is 364 g/mol. The van der Waals surface area contributed by atoms with Crippen molar-refractivity contribution in [3.05, 3.63) is 83.6 Å². The number of pyridine rings is 1. The molecule has 0 spiro atoms. The molecule has 130 valence electrons. The summed E-state index contributed by atoms with van der Waals surface area (Å²) in [5, 5.41) is 3.99. The van der Waals surface area contributed by atoms with Gasteiger partial charge in [0.05, 0.1) is 11.9 Å².